The predicted octanol–water partition coefficient (Wildman–Crippen LogP) is 15.3. The normalized spacial score (nSPS) is 12.6. The summed E-state index contributed by atoms with van der Waals surface area (Å²) in [5.41, 5.74) is 0. The molecule has 0 aliphatic rings. The third kappa shape index (κ3) is 40.6. The Morgan fingerprint density at radius 1 is 0.426 bits per heavy atom. The Hall–Kier alpha value is 0.330. The van der Waals surface area contributed by atoms with E-state index in [0.717, 1.165) is 31.8 Å². The van der Waals surface area contributed by atoms with Crippen molar-refractivity contribution in [3.63, 3.8) is 0 Å². The maximum atomic E-state index is 12.0. The summed E-state index contributed by atoms with van der Waals surface area (Å²) in [6, 6.07) is 0. The molecule has 4 nitrogen and oxygen atoms in total. The van der Waals surface area contributed by atoms with Gasteiger partial charge >= 0.3 is 0 Å². The van der Waals surface area contributed by atoms with Crippen LogP contribution in [0.5, 0.6) is 0 Å². The molecule has 0 spiro atoms. The van der Waals surface area contributed by atoms with E-state index in [1.165, 1.54) is 204 Å². The largest absolute Gasteiger partial charge is 0.379 e. The highest BCUT2D eigenvalue weighted by Crippen LogP contribution is 2.38. The smallest absolute Gasteiger partial charge is 0.277 e. The summed E-state index contributed by atoms with van der Waals surface area (Å²) in [6.07, 6.45) is 44.0. The zero-order valence-corrected chi connectivity index (χ0v) is 33.9. The topological polar surface area (TPSA) is 44.8 Å². The lowest BCUT2D eigenvalue weighted by Crippen LogP contribution is -2.25. The Morgan fingerprint density at radius 3 is 1.09 bits per heavy atom. The number of hydrogen-bond acceptors (Lipinski definition) is 5. The van der Waals surface area contributed by atoms with Gasteiger partial charge in [0.2, 0.25) is 0 Å². The first-order valence-corrected chi connectivity index (χ1v) is 23.9. The number of unbranched alkanes of at least 4 members (excludes halogenated alkanes) is 30. The maximum absolute atomic E-state index is 12.0. The average molecular weight is 704 g/mol. The van der Waals surface area contributed by atoms with Crippen LogP contribution in [0, 0.1) is 0 Å². The van der Waals surface area contributed by atoms with Gasteiger partial charge in [-0.05, 0) is 24.2 Å². The lowest BCUT2D eigenvalue weighted by molar-refractivity contribution is -0.0373. The van der Waals surface area contributed by atoms with Gasteiger partial charge in [0.25, 0.3) is 7.23 Å². The van der Waals surface area contributed by atoms with E-state index in [0.29, 0.717) is 13.2 Å². The van der Waals surface area contributed by atoms with Gasteiger partial charge in [0.15, 0.2) is 0 Å². The van der Waals surface area contributed by atoms with Gasteiger partial charge < -0.3 is 9.47 Å². The molecule has 6 heteroatoms. The lowest BCUT2D eigenvalue weighted by atomic mass is 10.0. The minimum absolute atomic E-state index is 0.121. The second kappa shape index (κ2) is 42.5. The average Bonchev–Trinajstić information content (AvgIpc) is 3.07. The van der Waals surface area contributed by atoms with E-state index in [1.807, 2.05) is 6.92 Å². The van der Waals surface area contributed by atoms with Crippen LogP contribution in [0.3, 0.4) is 0 Å². The van der Waals surface area contributed by atoms with Gasteiger partial charge in [-0.15, -0.1) is 0 Å². The number of rotatable bonds is 42. The molecule has 0 aromatic heterocycles. The van der Waals surface area contributed by atoms with Gasteiger partial charge in [0.1, 0.15) is 6.10 Å². The van der Waals surface area contributed by atoms with Crippen LogP contribution in [0.15, 0.2) is 0 Å². The van der Waals surface area contributed by atoms with Gasteiger partial charge in [-0.25, -0.2) is 4.57 Å². The van der Waals surface area contributed by atoms with Crippen LogP contribution < -0.4 is 0 Å². The van der Waals surface area contributed by atoms with Gasteiger partial charge in [-0.3, -0.25) is 4.52 Å². The molecule has 2 unspecified atom stereocenters. The highest BCUT2D eigenvalue weighted by molar-refractivity contribution is 8.50. The van der Waals surface area contributed by atoms with Crippen LogP contribution in [-0.4, -0.2) is 38.3 Å². The maximum Gasteiger partial charge on any atom is 0.277 e. The van der Waals surface area contributed by atoms with Crippen molar-refractivity contribution in [1.29, 1.82) is 0 Å². The van der Waals surface area contributed by atoms with Crippen molar-refractivity contribution in [1.82, 2.24) is 0 Å². The highest BCUT2D eigenvalue weighted by atomic mass is 32.7. The fraction of sp³-hybridized carbons (Fsp3) is 1.00. The van der Waals surface area contributed by atoms with Crippen molar-refractivity contribution in [2.24, 2.45) is 0 Å². The van der Waals surface area contributed by atoms with Crippen LogP contribution in [0.1, 0.15) is 226 Å². The summed E-state index contributed by atoms with van der Waals surface area (Å²) < 4.78 is 29.7. The SMILES string of the molecule is CCCCCCCCCCCCCCCCCCOCC(CO[P](=O)SCC)OCCCCCCCCCCCCCCCCCC. The number of hydrogen-bond donors (Lipinski definition) is 0. The van der Waals surface area contributed by atoms with Gasteiger partial charge in [0.05, 0.1) is 13.2 Å². The molecule has 283 valence electrons. The van der Waals surface area contributed by atoms with Gasteiger partial charge in [0, 0.05) is 19.0 Å². The fourth-order valence-electron chi connectivity index (χ4n) is 6.30. The molecule has 0 aliphatic carbocycles. The van der Waals surface area contributed by atoms with Gasteiger partial charge in [-0.2, -0.15) is 0 Å². The minimum atomic E-state index is -1.66. The second-order valence-electron chi connectivity index (χ2n) is 14.1. The van der Waals surface area contributed by atoms with Crippen LogP contribution in [0.25, 0.3) is 0 Å². The Kier molecular flexibility index (Phi) is 42.8. The molecule has 0 rings (SSSR count). The summed E-state index contributed by atoms with van der Waals surface area (Å²) in [4.78, 5) is 0. The second-order valence-corrected chi connectivity index (χ2v) is 17.3. The molecule has 0 saturated carbocycles. The Morgan fingerprint density at radius 2 is 0.745 bits per heavy atom. The third-order valence-corrected chi connectivity index (χ3v) is 11.9. The molecule has 0 bridgehead atoms. The van der Waals surface area contributed by atoms with Crippen LogP contribution in [0.2, 0.25) is 0 Å². The molecule has 2 atom stereocenters. The Balaban J connectivity index is 3.68. The van der Waals surface area contributed by atoms with E-state index in [4.69, 9.17) is 14.0 Å². The first kappa shape index (κ1) is 47.3. The van der Waals surface area contributed by atoms with E-state index in [2.05, 4.69) is 13.8 Å². The van der Waals surface area contributed by atoms with Crippen LogP contribution >= 0.6 is 18.6 Å². The molecule has 0 aromatic rings. The Labute approximate surface area is 300 Å². The zero-order chi connectivity index (χ0) is 34.1. The molecule has 0 aromatic carbocycles. The lowest BCUT2D eigenvalue weighted by Gasteiger charge is -2.18. The first-order chi connectivity index (χ1) is 23.2. The zero-order valence-electron chi connectivity index (χ0n) is 32.2. The van der Waals surface area contributed by atoms with Gasteiger partial charge in [-0.1, -0.05) is 213 Å². The Bertz CT molecular complexity index is 594. The van der Waals surface area contributed by atoms with Crippen molar-refractivity contribution in [3.05, 3.63) is 0 Å². The van der Waals surface area contributed by atoms with Crippen molar-refractivity contribution < 1.29 is 18.6 Å². The summed E-state index contributed by atoms with van der Waals surface area (Å²) in [6.45, 7) is 9.02. The molecule has 0 N–H and O–H groups in total. The van der Waals surface area contributed by atoms with Crippen molar-refractivity contribution in [3.8, 4) is 0 Å². The van der Waals surface area contributed by atoms with Crippen LogP contribution in [-0.2, 0) is 18.6 Å². The van der Waals surface area contributed by atoms with Crippen molar-refractivity contribution in [2.75, 3.05) is 32.2 Å². The predicted molar refractivity (Wildman–Crippen MR) is 211 cm³/mol. The summed E-state index contributed by atoms with van der Waals surface area (Å²) in [5, 5.41) is 0. The molecule has 0 aliphatic heterocycles. The molecule has 0 saturated heterocycles. The molecular formula is C41H84O4PS. The van der Waals surface area contributed by atoms with E-state index in [1.54, 1.807) is 0 Å². The fourth-order valence-corrected chi connectivity index (χ4v) is 7.91. The van der Waals surface area contributed by atoms with Crippen molar-refractivity contribution in [2.45, 2.75) is 232 Å². The first-order valence-electron chi connectivity index (χ1n) is 21.2. The van der Waals surface area contributed by atoms with E-state index in [-0.39, 0.29) is 6.10 Å². The highest BCUT2D eigenvalue weighted by Gasteiger charge is 2.13. The molecule has 0 heterocycles. The van der Waals surface area contributed by atoms with E-state index < -0.39 is 7.23 Å². The standard InChI is InChI=1S/C41H84O4PS/c1-4-7-9-11-13-15-17-19-21-23-25-27-29-31-33-35-37-43-39-41(40-45-46(42)47-6-3)44-38-36-34-32-30-28-26-24-22-20-18-16-14-12-10-8-5-2/h41H,4-40H2,1-3H3. The summed E-state index contributed by atoms with van der Waals surface area (Å²) in [7, 11) is -1.66. The molecule has 47 heavy (non-hydrogen) atoms. The minimum Gasteiger partial charge on any atom is -0.379 e. The third-order valence-electron chi connectivity index (χ3n) is 9.40. The quantitative estimate of drug-likeness (QED) is 0.0468. The van der Waals surface area contributed by atoms with E-state index >= 15 is 0 Å². The van der Waals surface area contributed by atoms with Crippen molar-refractivity contribution >= 4 is 18.6 Å². The summed E-state index contributed by atoms with van der Waals surface area (Å²) in [5.74, 6) is 0.801. The van der Waals surface area contributed by atoms with E-state index in [9.17, 15) is 4.57 Å². The summed E-state index contributed by atoms with van der Waals surface area (Å²) >= 11 is 1.37. The molecule has 1 radical (unpaired) electrons. The van der Waals surface area contributed by atoms with Crippen LogP contribution in [0.4, 0.5) is 0 Å². The monoisotopic (exact) mass is 704 g/mol. The molecular weight excluding hydrogens is 619 g/mol. The molecule has 0 fully saturated rings. The molecule has 0 amide bonds. The number of ether oxygens (including phenoxy) is 2.